The van der Waals surface area contributed by atoms with Crippen LogP contribution < -0.4 is 5.73 Å². The summed E-state index contributed by atoms with van der Waals surface area (Å²) >= 11 is 1.59. The average Bonchev–Trinajstić information content (AvgIpc) is 2.63. The van der Waals surface area contributed by atoms with Crippen LogP contribution in [0, 0.1) is 0 Å². The zero-order chi connectivity index (χ0) is 8.39. The van der Waals surface area contributed by atoms with Gasteiger partial charge in [0.05, 0.1) is 12.1 Å². The van der Waals surface area contributed by atoms with Crippen LogP contribution in [0.25, 0.3) is 0 Å². The number of hydrogen-bond donors (Lipinski definition) is 1. The largest absolute Gasteiger partial charge is 0.367 e. The van der Waals surface area contributed by atoms with E-state index in [0.717, 1.165) is 4.88 Å². The van der Waals surface area contributed by atoms with E-state index in [1.807, 2.05) is 6.20 Å². The highest BCUT2D eigenvalue weighted by Gasteiger charge is 1.98. The number of nitrogens with zero attached hydrogens (tertiary/aromatic N) is 4. The van der Waals surface area contributed by atoms with Crippen molar-refractivity contribution in [2.24, 2.45) is 0 Å². The molecule has 12 heavy (non-hydrogen) atoms. The molecule has 62 valence electrons. The maximum atomic E-state index is 5.35. The molecular formula is C6H7N5S. The molecule has 0 spiro atoms. The Bertz CT molecular complexity index is 352. The summed E-state index contributed by atoms with van der Waals surface area (Å²) in [7, 11) is 0. The van der Waals surface area contributed by atoms with Gasteiger partial charge >= 0.3 is 0 Å². The minimum absolute atomic E-state index is 0.305. The van der Waals surface area contributed by atoms with Crippen LogP contribution >= 0.6 is 11.3 Å². The molecule has 0 unspecified atom stereocenters. The Labute approximate surface area is 72.9 Å². The number of thiazole rings is 1. The third kappa shape index (κ3) is 1.42. The number of aromatic nitrogens is 4. The summed E-state index contributed by atoms with van der Waals surface area (Å²) in [6.07, 6.45) is 3.41. The van der Waals surface area contributed by atoms with Gasteiger partial charge in [-0.1, -0.05) is 0 Å². The number of rotatable bonds is 2. The number of hydrogen-bond acceptors (Lipinski definition) is 5. The molecule has 2 aromatic heterocycles. The number of nitrogens with two attached hydrogens (primary N) is 1. The van der Waals surface area contributed by atoms with E-state index in [-0.39, 0.29) is 0 Å². The molecule has 0 radical (unpaired) electrons. The van der Waals surface area contributed by atoms with Crippen LogP contribution in [0.15, 0.2) is 18.0 Å². The Kier molecular flexibility index (Phi) is 1.75. The van der Waals surface area contributed by atoms with Gasteiger partial charge in [0.2, 0.25) is 5.95 Å². The molecule has 0 amide bonds. The Morgan fingerprint density at radius 2 is 2.50 bits per heavy atom. The first-order valence-corrected chi connectivity index (χ1v) is 4.25. The van der Waals surface area contributed by atoms with Crippen molar-refractivity contribution < 1.29 is 0 Å². The van der Waals surface area contributed by atoms with Crippen LogP contribution in [-0.2, 0) is 6.54 Å². The molecule has 2 aromatic rings. The Morgan fingerprint density at radius 1 is 1.58 bits per heavy atom. The molecule has 0 aromatic carbocycles. The van der Waals surface area contributed by atoms with Crippen molar-refractivity contribution >= 4 is 17.3 Å². The molecule has 0 saturated carbocycles. The summed E-state index contributed by atoms with van der Waals surface area (Å²) in [5.41, 5.74) is 7.14. The first-order valence-electron chi connectivity index (χ1n) is 3.37. The lowest BCUT2D eigenvalue weighted by Crippen LogP contribution is -1.99. The SMILES string of the molecule is Nc1ncn(Cc2cncs2)n1. The predicted molar refractivity (Wildman–Crippen MR) is 45.7 cm³/mol. The molecule has 2 N–H and O–H groups in total. The maximum absolute atomic E-state index is 5.35. The quantitative estimate of drug-likeness (QED) is 0.726. The van der Waals surface area contributed by atoms with E-state index in [1.165, 1.54) is 0 Å². The maximum Gasteiger partial charge on any atom is 0.239 e. The van der Waals surface area contributed by atoms with Crippen molar-refractivity contribution in [3.8, 4) is 0 Å². The summed E-state index contributed by atoms with van der Waals surface area (Å²) < 4.78 is 1.68. The van der Waals surface area contributed by atoms with Crippen molar-refractivity contribution in [2.45, 2.75) is 6.54 Å². The van der Waals surface area contributed by atoms with Gasteiger partial charge in [-0.2, -0.15) is 0 Å². The molecule has 0 saturated heterocycles. The van der Waals surface area contributed by atoms with Crippen molar-refractivity contribution in [1.82, 2.24) is 19.7 Å². The molecule has 0 aliphatic carbocycles. The Morgan fingerprint density at radius 3 is 3.08 bits per heavy atom. The minimum Gasteiger partial charge on any atom is -0.367 e. The standard InChI is InChI=1S/C6H7N5S/c7-6-9-3-11(10-6)2-5-1-8-4-12-5/h1,3-4H,2H2,(H2,7,10). The van der Waals surface area contributed by atoms with E-state index in [2.05, 4.69) is 15.1 Å². The molecule has 6 heteroatoms. The van der Waals surface area contributed by atoms with E-state index in [9.17, 15) is 0 Å². The second kappa shape index (κ2) is 2.90. The minimum atomic E-state index is 0.305. The lowest BCUT2D eigenvalue weighted by molar-refractivity contribution is 0.694. The Balaban J connectivity index is 2.14. The second-order valence-corrected chi connectivity index (χ2v) is 3.24. The highest BCUT2D eigenvalue weighted by molar-refractivity contribution is 7.09. The summed E-state index contributed by atoms with van der Waals surface area (Å²) in [5.74, 6) is 0.305. The van der Waals surface area contributed by atoms with Crippen molar-refractivity contribution in [1.29, 1.82) is 0 Å². The van der Waals surface area contributed by atoms with Gasteiger partial charge in [-0.05, 0) is 0 Å². The van der Waals surface area contributed by atoms with Gasteiger partial charge < -0.3 is 5.73 Å². The van der Waals surface area contributed by atoms with Crippen LogP contribution in [0.3, 0.4) is 0 Å². The van der Waals surface area contributed by atoms with Crippen molar-refractivity contribution in [2.75, 3.05) is 5.73 Å². The normalized spacial score (nSPS) is 10.3. The number of anilines is 1. The third-order valence-corrected chi connectivity index (χ3v) is 2.12. The van der Waals surface area contributed by atoms with E-state index in [4.69, 9.17) is 5.73 Å². The van der Waals surface area contributed by atoms with Gasteiger partial charge in [0.1, 0.15) is 6.33 Å². The van der Waals surface area contributed by atoms with Crippen molar-refractivity contribution in [3.63, 3.8) is 0 Å². The molecule has 0 fully saturated rings. The smallest absolute Gasteiger partial charge is 0.239 e. The summed E-state index contributed by atoms with van der Waals surface area (Å²) in [5, 5.41) is 3.95. The molecule has 0 bridgehead atoms. The fraction of sp³-hybridized carbons (Fsp3) is 0.167. The predicted octanol–water partition coefficient (Wildman–Crippen LogP) is 0.365. The zero-order valence-corrected chi connectivity index (χ0v) is 7.03. The highest BCUT2D eigenvalue weighted by atomic mass is 32.1. The summed E-state index contributed by atoms with van der Waals surface area (Å²) in [6, 6.07) is 0. The topological polar surface area (TPSA) is 69.6 Å². The van der Waals surface area contributed by atoms with E-state index in [1.54, 1.807) is 27.9 Å². The first kappa shape index (κ1) is 7.23. The lowest BCUT2D eigenvalue weighted by Gasteiger charge is -1.93. The Hall–Kier alpha value is -1.43. The molecule has 2 heterocycles. The van der Waals surface area contributed by atoms with E-state index in [0.29, 0.717) is 12.5 Å². The molecule has 0 aliphatic heterocycles. The van der Waals surface area contributed by atoms with Crippen LogP contribution in [-0.4, -0.2) is 19.7 Å². The van der Waals surface area contributed by atoms with Crippen LogP contribution in [0.2, 0.25) is 0 Å². The molecule has 0 atom stereocenters. The molecule has 2 rings (SSSR count). The second-order valence-electron chi connectivity index (χ2n) is 2.27. The van der Waals surface area contributed by atoms with Gasteiger partial charge in [-0.15, -0.1) is 16.4 Å². The van der Waals surface area contributed by atoms with E-state index < -0.39 is 0 Å². The first-order chi connectivity index (χ1) is 5.84. The van der Waals surface area contributed by atoms with Gasteiger partial charge in [0.25, 0.3) is 0 Å². The summed E-state index contributed by atoms with van der Waals surface area (Å²) in [6.45, 7) is 0.689. The van der Waals surface area contributed by atoms with E-state index >= 15 is 0 Å². The molecule has 0 aliphatic rings. The fourth-order valence-electron chi connectivity index (χ4n) is 0.865. The molecule has 5 nitrogen and oxygen atoms in total. The average molecular weight is 181 g/mol. The third-order valence-electron chi connectivity index (χ3n) is 1.36. The van der Waals surface area contributed by atoms with Crippen LogP contribution in [0.1, 0.15) is 4.88 Å². The van der Waals surface area contributed by atoms with Crippen LogP contribution in [0.5, 0.6) is 0 Å². The highest BCUT2D eigenvalue weighted by Crippen LogP contribution is 2.06. The molecular weight excluding hydrogens is 174 g/mol. The van der Waals surface area contributed by atoms with Gasteiger partial charge in [0, 0.05) is 11.1 Å². The van der Waals surface area contributed by atoms with Gasteiger partial charge in [-0.25, -0.2) is 9.67 Å². The van der Waals surface area contributed by atoms with Crippen LogP contribution in [0.4, 0.5) is 5.95 Å². The van der Waals surface area contributed by atoms with Gasteiger partial charge in [0.15, 0.2) is 0 Å². The summed E-state index contributed by atoms with van der Waals surface area (Å²) in [4.78, 5) is 8.90. The monoisotopic (exact) mass is 181 g/mol. The van der Waals surface area contributed by atoms with Crippen molar-refractivity contribution in [3.05, 3.63) is 22.9 Å². The fourth-order valence-corrected chi connectivity index (χ4v) is 1.45. The number of nitrogen functional groups attached to an aromatic ring is 1. The van der Waals surface area contributed by atoms with Gasteiger partial charge in [-0.3, -0.25) is 4.98 Å². The lowest BCUT2D eigenvalue weighted by atomic mass is 10.5. The zero-order valence-electron chi connectivity index (χ0n) is 6.21.